The van der Waals surface area contributed by atoms with E-state index in [1.807, 2.05) is 24.0 Å². The lowest BCUT2D eigenvalue weighted by Crippen LogP contribution is -2.24. The van der Waals surface area contributed by atoms with Crippen molar-refractivity contribution < 1.29 is 0 Å². The fourth-order valence-electron chi connectivity index (χ4n) is 1.72. The summed E-state index contributed by atoms with van der Waals surface area (Å²) in [4.78, 5) is 9.77. The van der Waals surface area contributed by atoms with Gasteiger partial charge in [0, 0.05) is 33.7 Å². The van der Waals surface area contributed by atoms with E-state index in [1.165, 1.54) is 4.90 Å². The zero-order chi connectivity index (χ0) is 13.5. The molecule has 1 aromatic heterocycles. The van der Waals surface area contributed by atoms with Crippen molar-refractivity contribution in [3.8, 4) is 0 Å². The molecule has 1 unspecified atom stereocenters. The van der Waals surface area contributed by atoms with Gasteiger partial charge in [-0.05, 0) is 34.6 Å². The summed E-state index contributed by atoms with van der Waals surface area (Å²) in [6, 6.07) is 8.48. The maximum absolute atomic E-state index is 4.38. The van der Waals surface area contributed by atoms with Crippen LogP contribution in [0.15, 0.2) is 52.2 Å². The first-order valence-corrected chi connectivity index (χ1v) is 7.95. The van der Waals surface area contributed by atoms with Crippen LogP contribution in [0.1, 0.15) is 18.7 Å². The van der Waals surface area contributed by atoms with Crippen LogP contribution in [0.2, 0.25) is 0 Å². The summed E-state index contributed by atoms with van der Waals surface area (Å²) in [5, 5.41) is 3.45. The van der Waals surface area contributed by atoms with Crippen molar-refractivity contribution in [2.75, 3.05) is 12.3 Å². The molecule has 1 atom stereocenters. The number of rotatable bonds is 6. The summed E-state index contributed by atoms with van der Waals surface area (Å²) in [5.41, 5.74) is 0.990. The van der Waals surface area contributed by atoms with Gasteiger partial charge in [0.15, 0.2) is 0 Å². The van der Waals surface area contributed by atoms with E-state index < -0.39 is 0 Å². The van der Waals surface area contributed by atoms with Crippen LogP contribution < -0.4 is 5.32 Å². The van der Waals surface area contributed by atoms with Gasteiger partial charge in [0.05, 0.1) is 11.7 Å². The van der Waals surface area contributed by atoms with Crippen molar-refractivity contribution in [3.63, 3.8) is 0 Å². The molecular formula is C14H16BrN3S. The lowest BCUT2D eigenvalue weighted by molar-refractivity contribution is 0.588. The Morgan fingerprint density at radius 2 is 2.16 bits per heavy atom. The Bertz CT molecular complexity index is 507. The number of nitrogens with one attached hydrogen (secondary N) is 1. The van der Waals surface area contributed by atoms with Crippen LogP contribution in [0, 0.1) is 0 Å². The smallest absolute Gasteiger partial charge is 0.0764 e. The first-order chi connectivity index (χ1) is 9.31. The van der Waals surface area contributed by atoms with Gasteiger partial charge >= 0.3 is 0 Å². The molecule has 0 aliphatic heterocycles. The zero-order valence-electron chi connectivity index (χ0n) is 10.7. The highest BCUT2D eigenvalue weighted by Crippen LogP contribution is 2.29. The molecular weight excluding hydrogens is 322 g/mol. The van der Waals surface area contributed by atoms with E-state index in [1.54, 1.807) is 12.4 Å². The lowest BCUT2D eigenvalue weighted by Gasteiger charge is -2.16. The van der Waals surface area contributed by atoms with Crippen LogP contribution in [0.3, 0.4) is 0 Å². The van der Waals surface area contributed by atoms with E-state index in [4.69, 9.17) is 0 Å². The molecule has 0 fully saturated rings. The van der Waals surface area contributed by atoms with Crippen LogP contribution >= 0.6 is 27.7 Å². The van der Waals surface area contributed by atoms with Crippen molar-refractivity contribution in [1.82, 2.24) is 15.3 Å². The predicted molar refractivity (Wildman–Crippen MR) is 83.3 cm³/mol. The van der Waals surface area contributed by atoms with Gasteiger partial charge in [-0.25, -0.2) is 0 Å². The van der Waals surface area contributed by atoms with Gasteiger partial charge in [-0.15, -0.1) is 11.8 Å². The molecule has 0 saturated heterocycles. The monoisotopic (exact) mass is 337 g/mol. The first-order valence-electron chi connectivity index (χ1n) is 6.18. The molecule has 0 bridgehead atoms. The molecule has 2 aromatic rings. The Kier molecular flexibility index (Phi) is 5.82. The molecule has 0 saturated carbocycles. The minimum Gasteiger partial charge on any atom is -0.308 e. The van der Waals surface area contributed by atoms with E-state index in [9.17, 15) is 0 Å². The standard InChI is InChI=1S/C14H16BrN3S/c1-2-17-13(12-9-16-7-8-18-12)10-19-14-6-4-3-5-11(14)15/h3-9,13,17H,2,10H2,1H3. The van der Waals surface area contributed by atoms with Gasteiger partial charge in [-0.3, -0.25) is 9.97 Å². The van der Waals surface area contributed by atoms with E-state index in [2.05, 4.69) is 56.3 Å². The van der Waals surface area contributed by atoms with Gasteiger partial charge in [-0.1, -0.05) is 19.1 Å². The Morgan fingerprint density at radius 3 is 2.84 bits per heavy atom. The molecule has 0 aliphatic rings. The molecule has 100 valence electrons. The van der Waals surface area contributed by atoms with Crippen LogP contribution in [0.4, 0.5) is 0 Å². The average molecular weight is 338 g/mol. The van der Waals surface area contributed by atoms with Gasteiger partial charge in [0.1, 0.15) is 0 Å². The van der Waals surface area contributed by atoms with Crippen molar-refractivity contribution in [3.05, 3.63) is 53.0 Å². The summed E-state index contributed by atoms with van der Waals surface area (Å²) in [7, 11) is 0. The maximum Gasteiger partial charge on any atom is 0.0764 e. The number of benzene rings is 1. The third-order valence-corrected chi connectivity index (χ3v) is 4.75. The predicted octanol–water partition coefficient (Wildman–Crippen LogP) is 3.68. The third-order valence-electron chi connectivity index (χ3n) is 2.63. The molecule has 1 heterocycles. The Morgan fingerprint density at radius 1 is 1.32 bits per heavy atom. The summed E-state index contributed by atoms with van der Waals surface area (Å²) in [6.45, 7) is 3.02. The second-order valence-electron chi connectivity index (χ2n) is 3.98. The minimum atomic E-state index is 0.218. The van der Waals surface area contributed by atoms with E-state index >= 15 is 0 Å². The Balaban J connectivity index is 2.04. The van der Waals surface area contributed by atoms with Crippen LogP contribution in [0.25, 0.3) is 0 Å². The molecule has 19 heavy (non-hydrogen) atoms. The fourth-order valence-corrected chi connectivity index (χ4v) is 3.36. The second kappa shape index (κ2) is 7.62. The fraction of sp³-hybridized carbons (Fsp3) is 0.286. The summed E-state index contributed by atoms with van der Waals surface area (Å²) < 4.78 is 1.13. The number of hydrogen-bond donors (Lipinski definition) is 1. The number of halogens is 1. The van der Waals surface area contributed by atoms with Gasteiger partial charge in [0.2, 0.25) is 0 Å². The molecule has 0 spiro atoms. The summed E-state index contributed by atoms with van der Waals surface area (Å²) in [6.07, 6.45) is 5.27. The molecule has 5 heteroatoms. The van der Waals surface area contributed by atoms with E-state index in [-0.39, 0.29) is 6.04 Å². The van der Waals surface area contributed by atoms with Crippen LogP contribution in [-0.2, 0) is 0 Å². The Hall–Kier alpha value is -0.910. The molecule has 0 aliphatic carbocycles. The molecule has 0 amide bonds. The first kappa shape index (κ1) is 14.5. The molecule has 1 aromatic carbocycles. The largest absolute Gasteiger partial charge is 0.308 e. The highest BCUT2D eigenvalue weighted by Gasteiger charge is 2.12. The molecule has 0 radical (unpaired) electrons. The number of nitrogens with zero attached hydrogens (tertiary/aromatic N) is 2. The van der Waals surface area contributed by atoms with Crippen molar-refractivity contribution in [2.24, 2.45) is 0 Å². The van der Waals surface area contributed by atoms with Crippen molar-refractivity contribution >= 4 is 27.7 Å². The summed E-state index contributed by atoms with van der Waals surface area (Å²) >= 11 is 5.39. The van der Waals surface area contributed by atoms with Crippen LogP contribution in [-0.4, -0.2) is 22.3 Å². The van der Waals surface area contributed by atoms with Crippen molar-refractivity contribution in [2.45, 2.75) is 17.9 Å². The van der Waals surface area contributed by atoms with Gasteiger partial charge in [-0.2, -0.15) is 0 Å². The topological polar surface area (TPSA) is 37.8 Å². The average Bonchev–Trinajstić information content (AvgIpc) is 2.46. The molecule has 1 N–H and O–H groups in total. The highest BCUT2D eigenvalue weighted by atomic mass is 79.9. The normalized spacial score (nSPS) is 12.3. The lowest BCUT2D eigenvalue weighted by atomic mass is 10.2. The molecule has 2 rings (SSSR count). The van der Waals surface area contributed by atoms with Crippen LogP contribution in [0.5, 0.6) is 0 Å². The summed E-state index contributed by atoms with van der Waals surface area (Å²) in [5.74, 6) is 0.926. The number of aromatic nitrogens is 2. The second-order valence-corrected chi connectivity index (χ2v) is 5.90. The molecule has 3 nitrogen and oxygen atoms in total. The third kappa shape index (κ3) is 4.30. The minimum absolute atomic E-state index is 0.218. The van der Waals surface area contributed by atoms with Crippen molar-refractivity contribution in [1.29, 1.82) is 0 Å². The van der Waals surface area contributed by atoms with Gasteiger partial charge in [0.25, 0.3) is 0 Å². The SMILES string of the molecule is CCNC(CSc1ccccc1Br)c1cnccn1. The highest BCUT2D eigenvalue weighted by molar-refractivity contribution is 9.10. The maximum atomic E-state index is 4.38. The van der Waals surface area contributed by atoms with E-state index in [0.29, 0.717) is 0 Å². The quantitative estimate of drug-likeness (QED) is 0.816. The number of thioether (sulfide) groups is 1. The zero-order valence-corrected chi connectivity index (χ0v) is 13.1. The van der Waals surface area contributed by atoms with E-state index in [0.717, 1.165) is 22.5 Å². The van der Waals surface area contributed by atoms with Gasteiger partial charge < -0.3 is 5.32 Å². The Labute approximate surface area is 126 Å². The number of hydrogen-bond acceptors (Lipinski definition) is 4.